The fourth-order valence-corrected chi connectivity index (χ4v) is 3.26. The van der Waals surface area contributed by atoms with Crippen molar-refractivity contribution in [2.24, 2.45) is 0 Å². The Morgan fingerprint density at radius 2 is 2.18 bits per heavy atom. The summed E-state index contributed by atoms with van der Waals surface area (Å²) < 4.78 is 10.8. The summed E-state index contributed by atoms with van der Waals surface area (Å²) in [6.07, 6.45) is 4.65. The van der Waals surface area contributed by atoms with Gasteiger partial charge < -0.3 is 19.2 Å². The zero-order chi connectivity index (χ0) is 20.1. The minimum absolute atomic E-state index is 0.0249. The van der Waals surface area contributed by atoms with Crippen LogP contribution in [0.5, 0.6) is 5.75 Å². The average molecular weight is 381 g/mol. The highest BCUT2D eigenvalue weighted by Gasteiger charge is 2.44. The largest absolute Gasteiger partial charge is 0.503 e. The van der Waals surface area contributed by atoms with E-state index in [2.05, 4.69) is 6.58 Å². The summed E-state index contributed by atoms with van der Waals surface area (Å²) in [6.45, 7) is 6.41. The molecule has 1 aromatic heterocycles. The summed E-state index contributed by atoms with van der Waals surface area (Å²) in [6, 6.07) is 9.57. The fourth-order valence-electron chi connectivity index (χ4n) is 3.26. The molecule has 0 spiro atoms. The van der Waals surface area contributed by atoms with Gasteiger partial charge in [-0.15, -0.1) is 0 Å². The van der Waals surface area contributed by atoms with Crippen LogP contribution in [0.1, 0.15) is 41.9 Å². The highest BCUT2D eigenvalue weighted by Crippen LogP contribution is 2.40. The Morgan fingerprint density at radius 1 is 1.36 bits per heavy atom. The molecule has 0 aliphatic carbocycles. The third kappa shape index (κ3) is 3.71. The number of ether oxygens (including phenoxy) is 1. The van der Waals surface area contributed by atoms with Gasteiger partial charge in [-0.2, -0.15) is 0 Å². The lowest BCUT2D eigenvalue weighted by Crippen LogP contribution is -2.32. The second kappa shape index (κ2) is 8.61. The number of nitrogens with zero attached hydrogens (tertiary/aromatic N) is 1. The minimum atomic E-state index is -0.705. The van der Waals surface area contributed by atoms with Crippen LogP contribution in [0.25, 0.3) is 0 Å². The first-order valence-electron chi connectivity index (χ1n) is 9.24. The van der Waals surface area contributed by atoms with Crippen LogP contribution in [0.2, 0.25) is 0 Å². The van der Waals surface area contributed by atoms with Gasteiger partial charge in [0.15, 0.2) is 11.5 Å². The van der Waals surface area contributed by atoms with E-state index in [-0.39, 0.29) is 11.3 Å². The van der Waals surface area contributed by atoms with Crippen LogP contribution in [0, 0.1) is 0 Å². The first-order chi connectivity index (χ1) is 13.6. The molecule has 28 heavy (non-hydrogen) atoms. The molecule has 1 N–H and O–H groups in total. The molecule has 1 amide bonds. The molecule has 0 fully saturated rings. The second-order valence-electron chi connectivity index (χ2n) is 6.50. The number of hydrogen-bond acceptors (Lipinski definition) is 5. The quantitative estimate of drug-likeness (QED) is 0.520. The van der Waals surface area contributed by atoms with Crippen LogP contribution >= 0.6 is 0 Å². The molecule has 0 radical (unpaired) electrons. The third-order valence-corrected chi connectivity index (χ3v) is 4.59. The van der Waals surface area contributed by atoms with E-state index < -0.39 is 23.5 Å². The number of ketones is 1. The molecule has 2 heterocycles. The lowest BCUT2D eigenvalue weighted by Gasteiger charge is -2.26. The van der Waals surface area contributed by atoms with Crippen LogP contribution in [0.4, 0.5) is 0 Å². The lowest BCUT2D eigenvalue weighted by atomic mass is 9.95. The molecule has 1 aliphatic rings. The highest BCUT2D eigenvalue weighted by atomic mass is 16.5. The van der Waals surface area contributed by atoms with Crippen molar-refractivity contribution >= 4 is 11.7 Å². The van der Waals surface area contributed by atoms with Crippen molar-refractivity contribution in [2.45, 2.75) is 25.8 Å². The van der Waals surface area contributed by atoms with E-state index in [1.54, 1.807) is 30.3 Å². The van der Waals surface area contributed by atoms with Gasteiger partial charge in [-0.3, -0.25) is 9.59 Å². The normalized spacial score (nSPS) is 16.5. The predicted octanol–water partition coefficient (Wildman–Crippen LogP) is 4.22. The molecule has 1 aliphatic heterocycles. The van der Waals surface area contributed by atoms with Crippen molar-refractivity contribution in [3.05, 3.63) is 78.0 Å². The number of carbonyl (C=O) groups is 2. The standard InChI is InChI=1S/C22H23NO5/c1-3-5-11-23-19(15-8-6-9-16(14-15)27-12-4-2)18(21(25)22(23)26)20(24)17-10-7-13-28-17/h4,6-10,13-14,19,25H,2-3,5,11-12H2,1H3. The predicted molar refractivity (Wildman–Crippen MR) is 104 cm³/mol. The number of amides is 1. The monoisotopic (exact) mass is 381 g/mol. The molecule has 1 atom stereocenters. The van der Waals surface area contributed by atoms with Crippen LogP contribution in [0.15, 0.2) is 71.1 Å². The van der Waals surface area contributed by atoms with E-state index in [1.165, 1.54) is 17.2 Å². The highest BCUT2D eigenvalue weighted by molar-refractivity contribution is 6.15. The van der Waals surface area contributed by atoms with Gasteiger partial charge in [0.1, 0.15) is 12.4 Å². The number of carbonyl (C=O) groups excluding carboxylic acids is 2. The van der Waals surface area contributed by atoms with Gasteiger partial charge in [-0.05, 0) is 36.2 Å². The summed E-state index contributed by atoms with van der Waals surface area (Å²) in [5.74, 6) is -0.907. The zero-order valence-electron chi connectivity index (χ0n) is 15.8. The van der Waals surface area contributed by atoms with Crippen molar-refractivity contribution in [2.75, 3.05) is 13.2 Å². The molecule has 1 aromatic carbocycles. The van der Waals surface area contributed by atoms with E-state index in [4.69, 9.17) is 9.15 Å². The van der Waals surface area contributed by atoms with Crippen LogP contribution < -0.4 is 4.74 Å². The van der Waals surface area contributed by atoms with Crippen molar-refractivity contribution < 1.29 is 23.8 Å². The smallest absolute Gasteiger partial charge is 0.290 e. The average Bonchev–Trinajstić information content (AvgIpc) is 3.33. The number of aliphatic hydroxyl groups excluding tert-OH is 1. The molecule has 146 valence electrons. The summed E-state index contributed by atoms with van der Waals surface area (Å²) >= 11 is 0. The number of rotatable bonds is 9. The van der Waals surface area contributed by atoms with Gasteiger partial charge in [-0.25, -0.2) is 0 Å². The number of aliphatic hydroxyl groups is 1. The Labute approximate surface area is 163 Å². The minimum Gasteiger partial charge on any atom is -0.503 e. The Balaban J connectivity index is 2.04. The van der Waals surface area contributed by atoms with E-state index in [9.17, 15) is 14.7 Å². The zero-order valence-corrected chi connectivity index (χ0v) is 15.8. The number of benzene rings is 1. The molecule has 2 aromatic rings. The number of hydrogen-bond donors (Lipinski definition) is 1. The van der Waals surface area contributed by atoms with E-state index >= 15 is 0 Å². The maximum absolute atomic E-state index is 13.0. The Morgan fingerprint density at radius 3 is 2.86 bits per heavy atom. The van der Waals surface area contributed by atoms with E-state index in [1.807, 2.05) is 13.0 Å². The summed E-state index contributed by atoms with van der Waals surface area (Å²) in [7, 11) is 0. The van der Waals surface area contributed by atoms with Gasteiger partial charge in [0.25, 0.3) is 5.91 Å². The first kappa shape index (κ1) is 19.5. The second-order valence-corrected chi connectivity index (χ2v) is 6.50. The summed E-state index contributed by atoms with van der Waals surface area (Å²) in [5.41, 5.74) is 0.710. The van der Waals surface area contributed by atoms with Gasteiger partial charge in [0.05, 0.1) is 17.9 Å². The summed E-state index contributed by atoms with van der Waals surface area (Å²) in [4.78, 5) is 27.2. The van der Waals surface area contributed by atoms with Crippen molar-refractivity contribution in [3.63, 3.8) is 0 Å². The molecule has 6 heteroatoms. The maximum Gasteiger partial charge on any atom is 0.290 e. The fraction of sp³-hybridized carbons (Fsp3) is 0.273. The van der Waals surface area contributed by atoms with Crippen molar-refractivity contribution in [1.82, 2.24) is 4.90 Å². The van der Waals surface area contributed by atoms with E-state index in [0.717, 1.165) is 12.8 Å². The molecule has 0 saturated heterocycles. The Bertz CT molecular complexity index is 897. The lowest BCUT2D eigenvalue weighted by molar-refractivity contribution is -0.129. The van der Waals surface area contributed by atoms with Crippen LogP contribution in [-0.2, 0) is 4.79 Å². The third-order valence-electron chi connectivity index (χ3n) is 4.59. The molecule has 0 bridgehead atoms. The molecule has 1 unspecified atom stereocenters. The maximum atomic E-state index is 13.0. The van der Waals surface area contributed by atoms with Gasteiger partial charge in [0.2, 0.25) is 5.78 Å². The van der Waals surface area contributed by atoms with Gasteiger partial charge >= 0.3 is 0 Å². The van der Waals surface area contributed by atoms with E-state index in [0.29, 0.717) is 24.5 Å². The Hall–Kier alpha value is -3.28. The SMILES string of the molecule is C=CCOc1cccc(C2C(C(=O)c3ccco3)=C(O)C(=O)N2CCCC)c1. The Kier molecular flexibility index (Phi) is 5.99. The molecular formula is C22H23NO5. The van der Waals surface area contributed by atoms with Crippen molar-refractivity contribution in [1.29, 1.82) is 0 Å². The van der Waals surface area contributed by atoms with Gasteiger partial charge in [-0.1, -0.05) is 38.1 Å². The molecule has 3 rings (SSSR count). The summed E-state index contributed by atoms with van der Waals surface area (Å²) in [5, 5.41) is 10.5. The topological polar surface area (TPSA) is 80.0 Å². The van der Waals surface area contributed by atoms with Crippen LogP contribution in [0.3, 0.4) is 0 Å². The van der Waals surface area contributed by atoms with Crippen molar-refractivity contribution in [3.8, 4) is 5.75 Å². The number of Topliss-reactive ketones (excluding diaryl/α,β-unsaturated/α-hetero) is 1. The van der Waals surface area contributed by atoms with Gasteiger partial charge in [0, 0.05) is 6.54 Å². The number of unbranched alkanes of at least 4 members (excludes halogenated alkanes) is 1. The number of furan rings is 1. The van der Waals surface area contributed by atoms with Crippen LogP contribution in [-0.4, -0.2) is 34.8 Å². The molecule has 6 nitrogen and oxygen atoms in total. The molecular weight excluding hydrogens is 358 g/mol. The molecule has 0 saturated carbocycles. The first-order valence-corrected chi connectivity index (χ1v) is 9.24.